The van der Waals surface area contributed by atoms with Crippen molar-refractivity contribution in [1.29, 1.82) is 0 Å². The molecule has 0 aromatic heterocycles. The standard InChI is InChI=1S/C23H23FN2O3S/c1-17(19-6-4-3-5-7-19)25-23(27)20-10-14-22(15-11-20)26(30(2,28)29)16-18-8-12-21(24)13-9-18/h3-15,17H,16H2,1-2H3,(H,25,27)/t17-/m1/s1. The van der Waals surface area contributed by atoms with Crippen molar-refractivity contribution in [1.82, 2.24) is 5.32 Å². The lowest BCUT2D eigenvalue weighted by molar-refractivity contribution is 0.0940. The predicted molar refractivity (Wildman–Crippen MR) is 116 cm³/mol. The Hall–Kier alpha value is -3.19. The van der Waals surface area contributed by atoms with Crippen LogP contribution in [-0.2, 0) is 16.6 Å². The van der Waals surface area contributed by atoms with Crippen molar-refractivity contribution in [3.8, 4) is 0 Å². The molecule has 0 aliphatic rings. The van der Waals surface area contributed by atoms with Crippen LogP contribution < -0.4 is 9.62 Å². The summed E-state index contributed by atoms with van der Waals surface area (Å²) in [7, 11) is -3.58. The summed E-state index contributed by atoms with van der Waals surface area (Å²) in [6, 6.07) is 21.5. The van der Waals surface area contributed by atoms with Gasteiger partial charge in [-0.05, 0) is 54.4 Å². The van der Waals surface area contributed by atoms with Crippen molar-refractivity contribution in [2.75, 3.05) is 10.6 Å². The van der Waals surface area contributed by atoms with Crippen LogP contribution >= 0.6 is 0 Å². The van der Waals surface area contributed by atoms with Crippen molar-refractivity contribution in [3.05, 3.63) is 101 Å². The lowest BCUT2D eigenvalue weighted by Gasteiger charge is -2.23. The third kappa shape index (κ3) is 5.45. The fourth-order valence-corrected chi connectivity index (χ4v) is 3.93. The van der Waals surface area contributed by atoms with Gasteiger partial charge < -0.3 is 5.32 Å². The molecule has 0 bridgehead atoms. The first kappa shape index (κ1) is 21.5. The van der Waals surface area contributed by atoms with Crippen LogP contribution in [0.1, 0.15) is 34.5 Å². The highest BCUT2D eigenvalue weighted by atomic mass is 32.2. The van der Waals surface area contributed by atoms with Gasteiger partial charge in [-0.1, -0.05) is 42.5 Å². The number of hydrogen-bond acceptors (Lipinski definition) is 3. The van der Waals surface area contributed by atoms with Crippen LogP contribution in [0.25, 0.3) is 0 Å². The van der Waals surface area contributed by atoms with Crippen LogP contribution in [0.5, 0.6) is 0 Å². The fraction of sp³-hybridized carbons (Fsp3) is 0.174. The topological polar surface area (TPSA) is 66.5 Å². The minimum atomic E-state index is -3.58. The van der Waals surface area contributed by atoms with Crippen LogP contribution in [0, 0.1) is 5.82 Å². The zero-order chi connectivity index (χ0) is 21.7. The number of anilines is 1. The monoisotopic (exact) mass is 426 g/mol. The summed E-state index contributed by atoms with van der Waals surface area (Å²) >= 11 is 0. The number of halogens is 1. The van der Waals surface area contributed by atoms with E-state index < -0.39 is 10.0 Å². The Morgan fingerprint density at radius 3 is 2.13 bits per heavy atom. The molecule has 0 aliphatic carbocycles. The van der Waals surface area contributed by atoms with Gasteiger partial charge in [0.05, 0.1) is 24.5 Å². The van der Waals surface area contributed by atoms with Crippen LogP contribution in [0.15, 0.2) is 78.9 Å². The van der Waals surface area contributed by atoms with E-state index in [-0.39, 0.29) is 24.3 Å². The van der Waals surface area contributed by atoms with Gasteiger partial charge in [0.15, 0.2) is 0 Å². The van der Waals surface area contributed by atoms with Gasteiger partial charge in [0, 0.05) is 5.56 Å². The molecule has 0 unspecified atom stereocenters. The van der Waals surface area contributed by atoms with Crippen LogP contribution in [0.4, 0.5) is 10.1 Å². The second-order valence-corrected chi connectivity index (χ2v) is 8.96. The Balaban J connectivity index is 1.76. The number of nitrogens with zero attached hydrogens (tertiary/aromatic N) is 1. The highest BCUT2D eigenvalue weighted by molar-refractivity contribution is 7.92. The molecular formula is C23H23FN2O3S. The van der Waals surface area contributed by atoms with E-state index >= 15 is 0 Å². The molecule has 3 aromatic carbocycles. The number of sulfonamides is 1. The molecule has 3 aromatic rings. The number of nitrogens with one attached hydrogen (secondary N) is 1. The number of carbonyl (C=O) groups is 1. The molecule has 0 fully saturated rings. The Kier molecular flexibility index (Phi) is 6.52. The highest BCUT2D eigenvalue weighted by Gasteiger charge is 2.19. The van der Waals surface area contributed by atoms with E-state index in [1.54, 1.807) is 36.4 Å². The molecule has 1 N–H and O–H groups in total. The van der Waals surface area contributed by atoms with Gasteiger partial charge in [0.25, 0.3) is 5.91 Å². The van der Waals surface area contributed by atoms with E-state index in [4.69, 9.17) is 0 Å². The molecule has 7 heteroatoms. The average Bonchev–Trinajstić information content (AvgIpc) is 2.73. The first-order valence-electron chi connectivity index (χ1n) is 9.42. The lowest BCUT2D eigenvalue weighted by atomic mass is 10.1. The molecule has 0 saturated carbocycles. The maximum Gasteiger partial charge on any atom is 0.251 e. The van der Waals surface area contributed by atoms with E-state index in [9.17, 15) is 17.6 Å². The normalized spacial score (nSPS) is 12.2. The SMILES string of the molecule is C[C@@H](NC(=O)c1ccc(N(Cc2ccc(F)cc2)S(C)(=O)=O)cc1)c1ccccc1. The lowest BCUT2D eigenvalue weighted by Crippen LogP contribution is -2.29. The van der Waals surface area contributed by atoms with Crippen molar-refractivity contribution in [2.45, 2.75) is 19.5 Å². The third-order valence-corrected chi connectivity index (χ3v) is 5.85. The Morgan fingerprint density at radius 1 is 0.967 bits per heavy atom. The molecule has 0 saturated heterocycles. The van der Waals surface area contributed by atoms with Crippen molar-refractivity contribution >= 4 is 21.6 Å². The molecule has 5 nitrogen and oxygen atoms in total. The molecular weight excluding hydrogens is 403 g/mol. The minimum absolute atomic E-state index is 0.0652. The van der Waals surface area contributed by atoms with E-state index in [1.165, 1.54) is 16.4 Å². The second kappa shape index (κ2) is 9.09. The fourth-order valence-electron chi connectivity index (χ4n) is 3.04. The highest BCUT2D eigenvalue weighted by Crippen LogP contribution is 2.22. The number of rotatable bonds is 7. The summed E-state index contributed by atoms with van der Waals surface area (Å²) in [5.74, 6) is -0.632. The summed E-state index contributed by atoms with van der Waals surface area (Å²) in [6.07, 6.45) is 1.11. The molecule has 0 radical (unpaired) electrons. The van der Waals surface area contributed by atoms with Crippen LogP contribution in [-0.4, -0.2) is 20.6 Å². The average molecular weight is 427 g/mol. The Morgan fingerprint density at radius 2 is 1.57 bits per heavy atom. The zero-order valence-corrected chi connectivity index (χ0v) is 17.6. The second-order valence-electron chi connectivity index (χ2n) is 7.05. The first-order valence-corrected chi connectivity index (χ1v) is 11.3. The van der Waals surface area contributed by atoms with Crippen molar-refractivity contribution in [3.63, 3.8) is 0 Å². The molecule has 0 spiro atoms. The third-order valence-electron chi connectivity index (χ3n) is 4.70. The zero-order valence-electron chi connectivity index (χ0n) is 16.7. The first-order chi connectivity index (χ1) is 14.2. The Labute approximate surface area is 176 Å². The molecule has 1 amide bonds. The van der Waals surface area contributed by atoms with Crippen LogP contribution in [0.3, 0.4) is 0 Å². The van der Waals surface area contributed by atoms with Gasteiger partial charge >= 0.3 is 0 Å². The van der Waals surface area contributed by atoms with E-state index in [2.05, 4.69) is 5.32 Å². The summed E-state index contributed by atoms with van der Waals surface area (Å²) < 4.78 is 38.9. The van der Waals surface area contributed by atoms with Crippen molar-refractivity contribution in [2.24, 2.45) is 0 Å². The molecule has 156 valence electrons. The minimum Gasteiger partial charge on any atom is -0.346 e. The Bertz CT molecular complexity index is 1100. The smallest absolute Gasteiger partial charge is 0.251 e. The number of hydrogen-bond donors (Lipinski definition) is 1. The summed E-state index contributed by atoms with van der Waals surface area (Å²) in [5.41, 5.74) is 2.50. The molecule has 0 aliphatic heterocycles. The number of carbonyl (C=O) groups excluding carboxylic acids is 1. The van der Waals surface area contributed by atoms with Gasteiger partial charge in [0.1, 0.15) is 5.82 Å². The molecule has 30 heavy (non-hydrogen) atoms. The van der Waals surface area contributed by atoms with E-state index in [0.717, 1.165) is 11.8 Å². The number of amides is 1. The van der Waals surface area contributed by atoms with Crippen LogP contribution in [0.2, 0.25) is 0 Å². The molecule has 3 rings (SSSR count). The largest absolute Gasteiger partial charge is 0.346 e. The van der Waals surface area contributed by atoms with E-state index in [0.29, 0.717) is 16.8 Å². The number of benzene rings is 3. The van der Waals surface area contributed by atoms with Gasteiger partial charge in [0.2, 0.25) is 10.0 Å². The summed E-state index contributed by atoms with van der Waals surface area (Å²) in [6.45, 7) is 1.96. The maximum absolute atomic E-state index is 13.1. The summed E-state index contributed by atoms with van der Waals surface area (Å²) in [4.78, 5) is 12.6. The van der Waals surface area contributed by atoms with Crippen molar-refractivity contribution < 1.29 is 17.6 Å². The van der Waals surface area contributed by atoms with Gasteiger partial charge in [-0.3, -0.25) is 9.10 Å². The summed E-state index contributed by atoms with van der Waals surface area (Å²) in [5, 5.41) is 2.93. The van der Waals surface area contributed by atoms with Gasteiger partial charge in [-0.15, -0.1) is 0 Å². The molecule has 1 atom stereocenters. The van der Waals surface area contributed by atoms with Gasteiger partial charge in [-0.25, -0.2) is 12.8 Å². The quantitative estimate of drug-likeness (QED) is 0.613. The van der Waals surface area contributed by atoms with E-state index in [1.807, 2.05) is 37.3 Å². The predicted octanol–water partition coefficient (Wildman–Crippen LogP) is 4.28. The molecule has 0 heterocycles. The maximum atomic E-state index is 13.1. The van der Waals surface area contributed by atoms with Gasteiger partial charge in [-0.2, -0.15) is 0 Å².